The molecule has 0 fully saturated rings. The molecule has 0 saturated heterocycles. The van der Waals surface area contributed by atoms with E-state index in [0.29, 0.717) is 44.6 Å². The van der Waals surface area contributed by atoms with E-state index in [0.717, 1.165) is 6.42 Å². The van der Waals surface area contributed by atoms with Crippen LogP contribution in [-0.4, -0.2) is 51.1 Å². The van der Waals surface area contributed by atoms with E-state index in [4.69, 9.17) is 62.9 Å². The van der Waals surface area contributed by atoms with Gasteiger partial charge in [-0.3, -0.25) is 30.5 Å². The lowest BCUT2D eigenvalue weighted by atomic mass is 9.99. The fourth-order valence-electron chi connectivity index (χ4n) is 3.57. The number of carbonyl (C=O) groups excluding carboxylic acids is 2. The Hall–Kier alpha value is -3.29. The Balaban J connectivity index is 0. The maximum absolute atomic E-state index is 12.6. The number of hydrogen-bond donors (Lipinski definition) is 3. The minimum atomic E-state index is -0.611. The first-order chi connectivity index (χ1) is 22.3. The van der Waals surface area contributed by atoms with E-state index >= 15 is 0 Å². The number of allylic oxidation sites excluding steroid dienone is 4. The highest BCUT2D eigenvalue weighted by molar-refractivity contribution is 7.81. The van der Waals surface area contributed by atoms with Crippen molar-refractivity contribution in [2.45, 2.75) is 74.7 Å². The first kappa shape index (κ1) is 45.8. The molecular formula is C33H50Cl2N6O4S2. The Morgan fingerprint density at radius 3 is 2.17 bits per heavy atom. The van der Waals surface area contributed by atoms with Gasteiger partial charge in [-0.2, -0.15) is 5.90 Å². The Labute approximate surface area is 301 Å². The molecule has 0 spiro atoms. The molecule has 2 amide bonds. The maximum atomic E-state index is 12.6. The summed E-state index contributed by atoms with van der Waals surface area (Å²) in [4.78, 5) is 30.7. The molecule has 0 bridgehead atoms. The molecule has 1 heterocycles. The van der Waals surface area contributed by atoms with Gasteiger partial charge in [0.2, 0.25) is 11.8 Å². The second kappa shape index (κ2) is 25.8. The van der Waals surface area contributed by atoms with Gasteiger partial charge in [0.1, 0.15) is 34.1 Å². The molecule has 14 heteroatoms. The minimum absolute atomic E-state index is 0.0576. The number of nitrogens with zero attached hydrogens (tertiary/aromatic N) is 3. The predicted octanol–water partition coefficient (Wildman–Crippen LogP) is 8.28. The highest BCUT2D eigenvalue weighted by Gasteiger charge is 2.23. The standard InChI is InChI=1S/C26H32Cl2N6O4S2.C3H6.2C2H6/c1-6-9-20(27)15(2)12-18(16(3)38-29)25(39)33(4)30-22(35)13-23(36)31-34(5)26(40)19-14-37-32-24(19)17-10-7-8-11-21(17)28;1-3-2;2*1-2/h7-11,14-15H,6,12-13,29H2,1-5H3,(H,30,35)(H,31,36);3H,1H2,2H3;2*1-2H3/b18-16+,20-9+;;;. The van der Waals surface area contributed by atoms with Crippen LogP contribution in [0.1, 0.15) is 80.2 Å². The van der Waals surface area contributed by atoms with Crippen molar-refractivity contribution in [3.63, 3.8) is 0 Å². The normalized spacial score (nSPS) is 11.3. The molecule has 2 rings (SSSR count). The highest BCUT2D eigenvalue weighted by Crippen LogP contribution is 2.30. The fourth-order valence-corrected chi connectivity index (χ4v) is 4.49. The van der Waals surface area contributed by atoms with Gasteiger partial charge in [-0.05, 0) is 38.7 Å². The number of hydrazine groups is 2. The van der Waals surface area contributed by atoms with Crippen molar-refractivity contribution in [2.24, 2.45) is 11.8 Å². The number of aromatic nitrogens is 1. The van der Waals surface area contributed by atoms with Crippen LogP contribution in [0.2, 0.25) is 5.02 Å². The van der Waals surface area contributed by atoms with Gasteiger partial charge >= 0.3 is 0 Å². The maximum Gasteiger partial charge on any atom is 0.248 e. The van der Waals surface area contributed by atoms with E-state index in [1.165, 1.54) is 23.3 Å². The molecule has 1 unspecified atom stereocenters. The Morgan fingerprint density at radius 2 is 1.66 bits per heavy atom. The first-order valence-corrected chi connectivity index (χ1v) is 16.7. The van der Waals surface area contributed by atoms with Crippen molar-refractivity contribution in [2.75, 3.05) is 14.1 Å². The lowest BCUT2D eigenvalue weighted by Crippen LogP contribution is -2.47. The lowest BCUT2D eigenvalue weighted by Gasteiger charge is -2.25. The van der Waals surface area contributed by atoms with Crippen LogP contribution < -0.4 is 16.7 Å². The van der Waals surface area contributed by atoms with E-state index in [9.17, 15) is 9.59 Å². The number of halogens is 2. The molecule has 4 N–H and O–H groups in total. The number of rotatable bonds is 10. The molecule has 47 heavy (non-hydrogen) atoms. The van der Waals surface area contributed by atoms with Crippen molar-refractivity contribution < 1.29 is 18.9 Å². The summed E-state index contributed by atoms with van der Waals surface area (Å²) in [5.41, 5.74) is 7.23. The average molecular weight is 730 g/mol. The van der Waals surface area contributed by atoms with Crippen molar-refractivity contribution >= 4 is 69.4 Å². The summed E-state index contributed by atoms with van der Waals surface area (Å²) in [5, 5.41) is 7.77. The summed E-state index contributed by atoms with van der Waals surface area (Å²) in [6, 6.07) is 7.08. The van der Waals surface area contributed by atoms with Gasteiger partial charge < -0.3 is 9.36 Å². The summed E-state index contributed by atoms with van der Waals surface area (Å²) in [5.74, 6) is 4.50. The number of carbonyl (C=O) groups is 2. The predicted molar refractivity (Wildman–Crippen MR) is 202 cm³/mol. The van der Waals surface area contributed by atoms with Crippen LogP contribution >= 0.6 is 47.6 Å². The zero-order chi connectivity index (χ0) is 36.7. The number of amides is 2. The third-order valence-corrected chi connectivity index (χ3v) is 7.55. The van der Waals surface area contributed by atoms with Crippen LogP contribution in [0.4, 0.5) is 0 Å². The fraction of sp³-hybridized carbons (Fsp3) is 0.424. The topological polar surface area (TPSA) is 126 Å². The van der Waals surface area contributed by atoms with Crippen LogP contribution in [0.15, 0.2) is 70.1 Å². The number of thiocarbonyl (C=S) groups is 2. The summed E-state index contributed by atoms with van der Waals surface area (Å²) >= 11 is 23.7. The first-order valence-electron chi connectivity index (χ1n) is 15.2. The van der Waals surface area contributed by atoms with Gasteiger partial charge in [0.15, 0.2) is 0 Å². The quantitative estimate of drug-likeness (QED) is 0.0550. The summed E-state index contributed by atoms with van der Waals surface area (Å²) in [7, 11) is 3.09. The van der Waals surface area contributed by atoms with Crippen LogP contribution in [0.5, 0.6) is 0 Å². The van der Waals surface area contributed by atoms with Crippen molar-refractivity contribution in [1.82, 2.24) is 26.0 Å². The molecule has 1 atom stereocenters. The van der Waals surface area contributed by atoms with Crippen LogP contribution in [0.25, 0.3) is 11.3 Å². The molecule has 1 aromatic carbocycles. The van der Waals surface area contributed by atoms with Gasteiger partial charge in [0, 0.05) is 30.3 Å². The van der Waals surface area contributed by atoms with Gasteiger partial charge in [0.25, 0.3) is 0 Å². The van der Waals surface area contributed by atoms with E-state index in [2.05, 4.69) is 22.6 Å². The monoisotopic (exact) mass is 728 g/mol. The summed E-state index contributed by atoms with van der Waals surface area (Å²) in [6.45, 7) is 18.9. The Bertz CT molecular complexity index is 1360. The third-order valence-electron chi connectivity index (χ3n) is 5.68. The lowest BCUT2D eigenvalue weighted by molar-refractivity contribution is -0.132. The average Bonchev–Trinajstić information content (AvgIpc) is 3.54. The van der Waals surface area contributed by atoms with Crippen molar-refractivity contribution in [3.8, 4) is 11.3 Å². The van der Waals surface area contributed by atoms with Gasteiger partial charge in [-0.15, -0.1) is 6.58 Å². The molecule has 2 aromatic rings. The summed E-state index contributed by atoms with van der Waals surface area (Å²) in [6.07, 6.45) is 5.74. The minimum Gasteiger partial charge on any atom is -0.416 e. The molecule has 10 nitrogen and oxygen atoms in total. The van der Waals surface area contributed by atoms with E-state index < -0.39 is 18.2 Å². The SMILES string of the molecule is C=CC.CC.CC.CC/C=C(/Cl)C(C)C/C(C(=S)N(C)NC(=O)CC(=O)NN(C)C(=S)c1conc1-c1ccccc1Cl)=C(/C)ON. The molecule has 0 saturated carbocycles. The molecule has 0 radical (unpaired) electrons. The molecule has 0 aliphatic rings. The molecule has 262 valence electrons. The van der Waals surface area contributed by atoms with Gasteiger partial charge in [0.05, 0.1) is 10.6 Å². The number of likely N-dealkylation sites (N-methyl/N-ethyl adjacent to an activating group) is 1. The number of hydrogen-bond acceptors (Lipinski definition) is 8. The highest BCUT2D eigenvalue weighted by atomic mass is 35.5. The smallest absolute Gasteiger partial charge is 0.248 e. The second-order valence-electron chi connectivity index (χ2n) is 9.20. The Kier molecular flexibility index (Phi) is 25.1. The Morgan fingerprint density at radius 1 is 1.13 bits per heavy atom. The van der Waals surface area contributed by atoms with E-state index in [1.54, 1.807) is 44.3 Å². The largest absolute Gasteiger partial charge is 0.416 e. The van der Waals surface area contributed by atoms with E-state index in [1.807, 2.05) is 54.5 Å². The third kappa shape index (κ3) is 15.9. The molecular weight excluding hydrogens is 679 g/mol. The van der Waals surface area contributed by atoms with E-state index in [-0.39, 0.29) is 15.9 Å². The van der Waals surface area contributed by atoms with Crippen LogP contribution in [-0.2, 0) is 14.4 Å². The molecule has 1 aromatic heterocycles. The summed E-state index contributed by atoms with van der Waals surface area (Å²) < 4.78 is 5.11. The van der Waals surface area contributed by atoms with Crippen LogP contribution in [0, 0.1) is 5.92 Å². The van der Waals surface area contributed by atoms with Crippen molar-refractivity contribution in [1.29, 1.82) is 0 Å². The van der Waals surface area contributed by atoms with Crippen LogP contribution in [0.3, 0.4) is 0 Å². The molecule has 0 aliphatic carbocycles. The second-order valence-corrected chi connectivity index (χ2v) is 10.8. The number of nitrogens with one attached hydrogen (secondary N) is 2. The van der Waals surface area contributed by atoms with Gasteiger partial charge in [-0.1, -0.05) is 125 Å². The number of nitrogens with two attached hydrogens (primary N) is 1. The zero-order valence-electron chi connectivity index (χ0n) is 29.1. The van der Waals surface area contributed by atoms with Gasteiger partial charge in [-0.25, -0.2) is 0 Å². The zero-order valence-corrected chi connectivity index (χ0v) is 32.2. The molecule has 0 aliphatic heterocycles. The van der Waals surface area contributed by atoms with Crippen molar-refractivity contribution in [3.05, 3.63) is 76.2 Å². The number of benzene rings is 1.